The molecule has 0 spiro atoms. The Labute approximate surface area is 174 Å². The molecule has 1 aliphatic heterocycles. The van der Waals surface area contributed by atoms with Gasteiger partial charge in [0.1, 0.15) is 11.6 Å². The van der Waals surface area contributed by atoms with Crippen molar-refractivity contribution in [3.8, 4) is 28.0 Å². The van der Waals surface area contributed by atoms with Crippen molar-refractivity contribution in [1.29, 1.82) is 0 Å². The molecule has 0 amide bonds. The Morgan fingerprint density at radius 1 is 1.07 bits per heavy atom. The van der Waals surface area contributed by atoms with E-state index in [2.05, 4.69) is 9.88 Å². The zero-order valence-electron chi connectivity index (χ0n) is 16.2. The van der Waals surface area contributed by atoms with Gasteiger partial charge < -0.3 is 15.7 Å². The molecule has 0 radical (unpaired) electrons. The van der Waals surface area contributed by atoms with E-state index in [-0.39, 0.29) is 17.6 Å². The van der Waals surface area contributed by atoms with Crippen molar-refractivity contribution in [2.45, 2.75) is 25.8 Å². The Bertz CT molecular complexity index is 1030. The molecule has 1 aromatic heterocycles. The highest BCUT2D eigenvalue weighted by Gasteiger charge is 2.23. The Hall–Kier alpha value is -2.63. The molecular formula is C23H23ClFN3O. The summed E-state index contributed by atoms with van der Waals surface area (Å²) in [5.74, 6) is -0.260. The van der Waals surface area contributed by atoms with Gasteiger partial charge >= 0.3 is 0 Å². The average Bonchev–Trinajstić information content (AvgIpc) is 2.69. The number of nitrogens with two attached hydrogens (primary N) is 1. The van der Waals surface area contributed by atoms with Gasteiger partial charge in [-0.3, -0.25) is 4.98 Å². The number of aromatic nitrogens is 1. The number of phenols is 1. The van der Waals surface area contributed by atoms with Gasteiger partial charge in [0.25, 0.3) is 0 Å². The molecule has 2 heterocycles. The molecule has 150 valence electrons. The van der Waals surface area contributed by atoms with E-state index in [1.807, 2.05) is 19.1 Å². The first kappa shape index (κ1) is 19.7. The molecule has 0 aliphatic carbocycles. The number of benzene rings is 2. The van der Waals surface area contributed by atoms with Crippen LogP contribution in [0, 0.1) is 12.7 Å². The molecule has 0 unspecified atom stereocenters. The van der Waals surface area contributed by atoms with Crippen LogP contribution in [0.25, 0.3) is 22.3 Å². The summed E-state index contributed by atoms with van der Waals surface area (Å²) >= 11 is 6.00. The topological polar surface area (TPSA) is 62.4 Å². The summed E-state index contributed by atoms with van der Waals surface area (Å²) in [4.78, 5) is 6.71. The number of piperidine rings is 1. The van der Waals surface area contributed by atoms with E-state index < -0.39 is 0 Å². The third kappa shape index (κ3) is 4.07. The number of pyridine rings is 1. The molecule has 0 atom stereocenters. The van der Waals surface area contributed by atoms with Crippen molar-refractivity contribution in [3.05, 3.63) is 65.2 Å². The standard InChI is InChI=1S/C23H23ClFN3O/c1-14-8-16(10-17(25)9-14)20-13-27-12-19(15-2-3-21(24)22(29)11-15)23(20)28-6-4-18(26)5-7-28/h2-3,8-13,18,29H,4-7,26H2,1H3. The van der Waals surface area contributed by atoms with Gasteiger partial charge in [0, 0.05) is 42.7 Å². The van der Waals surface area contributed by atoms with Crippen molar-refractivity contribution in [2.75, 3.05) is 18.0 Å². The number of nitrogens with zero attached hydrogens (tertiary/aromatic N) is 2. The minimum absolute atomic E-state index is 0.0165. The maximum atomic E-state index is 14.2. The predicted octanol–water partition coefficient (Wildman–Crippen LogP) is 5.15. The summed E-state index contributed by atoms with van der Waals surface area (Å²) in [5, 5.41) is 10.4. The maximum absolute atomic E-state index is 14.2. The minimum Gasteiger partial charge on any atom is -0.506 e. The molecule has 2 aromatic carbocycles. The highest BCUT2D eigenvalue weighted by molar-refractivity contribution is 6.32. The van der Waals surface area contributed by atoms with E-state index in [1.54, 1.807) is 24.5 Å². The largest absolute Gasteiger partial charge is 0.506 e. The summed E-state index contributed by atoms with van der Waals surface area (Å²) in [5.41, 5.74) is 11.2. The Morgan fingerprint density at radius 2 is 1.76 bits per heavy atom. The second kappa shape index (κ2) is 8.01. The van der Waals surface area contributed by atoms with Gasteiger partial charge in [0.05, 0.1) is 10.7 Å². The zero-order valence-corrected chi connectivity index (χ0v) is 17.0. The van der Waals surface area contributed by atoms with Gasteiger partial charge in [-0.2, -0.15) is 0 Å². The first-order valence-electron chi connectivity index (χ1n) is 9.67. The molecule has 1 saturated heterocycles. The summed E-state index contributed by atoms with van der Waals surface area (Å²) in [6.07, 6.45) is 5.32. The second-order valence-electron chi connectivity index (χ2n) is 7.59. The Morgan fingerprint density at radius 3 is 2.41 bits per heavy atom. The van der Waals surface area contributed by atoms with Crippen molar-refractivity contribution in [3.63, 3.8) is 0 Å². The highest BCUT2D eigenvalue weighted by atomic mass is 35.5. The smallest absolute Gasteiger partial charge is 0.134 e. The van der Waals surface area contributed by atoms with Crippen LogP contribution in [0.1, 0.15) is 18.4 Å². The molecule has 1 aliphatic rings. The van der Waals surface area contributed by atoms with E-state index in [9.17, 15) is 9.50 Å². The predicted molar refractivity (Wildman–Crippen MR) is 116 cm³/mol. The number of hydrogen-bond donors (Lipinski definition) is 2. The fourth-order valence-corrected chi connectivity index (χ4v) is 4.03. The molecule has 1 fully saturated rings. The molecule has 3 aromatic rings. The maximum Gasteiger partial charge on any atom is 0.134 e. The lowest BCUT2D eigenvalue weighted by atomic mass is 9.95. The van der Waals surface area contributed by atoms with Gasteiger partial charge in [0.15, 0.2) is 0 Å². The van der Waals surface area contributed by atoms with Crippen LogP contribution in [-0.2, 0) is 0 Å². The average molecular weight is 412 g/mol. The second-order valence-corrected chi connectivity index (χ2v) is 8.00. The van der Waals surface area contributed by atoms with E-state index in [0.717, 1.165) is 59.4 Å². The normalized spacial score (nSPS) is 15.0. The van der Waals surface area contributed by atoms with E-state index >= 15 is 0 Å². The molecule has 29 heavy (non-hydrogen) atoms. The van der Waals surface area contributed by atoms with Crippen LogP contribution < -0.4 is 10.6 Å². The van der Waals surface area contributed by atoms with Gasteiger partial charge in [-0.1, -0.05) is 23.7 Å². The lowest BCUT2D eigenvalue weighted by molar-refractivity contribution is 0.476. The summed E-state index contributed by atoms with van der Waals surface area (Å²) in [7, 11) is 0. The van der Waals surface area contributed by atoms with Crippen LogP contribution in [0.4, 0.5) is 10.1 Å². The van der Waals surface area contributed by atoms with Gasteiger partial charge in [-0.05, 0) is 60.7 Å². The molecule has 3 N–H and O–H groups in total. The Kier molecular flexibility index (Phi) is 5.43. The first-order valence-corrected chi connectivity index (χ1v) is 10.0. The Balaban J connectivity index is 1.92. The number of anilines is 1. The van der Waals surface area contributed by atoms with Crippen molar-refractivity contribution in [2.24, 2.45) is 5.73 Å². The first-order chi connectivity index (χ1) is 13.9. The van der Waals surface area contributed by atoms with Crippen LogP contribution in [0.5, 0.6) is 5.75 Å². The van der Waals surface area contributed by atoms with E-state index in [0.29, 0.717) is 5.02 Å². The molecule has 4 rings (SSSR count). The number of hydrogen-bond acceptors (Lipinski definition) is 4. The molecular weight excluding hydrogens is 389 g/mol. The minimum atomic E-state index is -0.277. The lowest BCUT2D eigenvalue weighted by Gasteiger charge is -2.35. The number of aryl methyl sites for hydroxylation is 1. The van der Waals surface area contributed by atoms with Gasteiger partial charge in [0.2, 0.25) is 0 Å². The SMILES string of the molecule is Cc1cc(F)cc(-c2cncc(-c3ccc(Cl)c(O)c3)c2N2CCC(N)CC2)c1. The molecule has 0 saturated carbocycles. The summed E-state index contributed by atoms with van der Waals surface area (Å²) in [6.45, 7) is 3.48. The van der Waals surface area contributed by atoms with Gasteiger partial charge in [-0.25, -0.2) is 4.39 Å². The van der Waals surface area contributed by atoms with E-state index in [1.165, 1.54) is 12.1 Å². The van der Waals surface area contributed by atoms with Crippen LogP contribution in [0.15, 0.2) is 48.8 Å². The van der Waals surface area contributed by atoms with Crippen LogP contribution in [0.2, 0.25) is 5.02 Å². The monoisotopic (exact) mass is 411 g/mol. The highest BCUT2D eigenvalue weighted by Crippen LogP contribution is 2.41. The van der Waals surface area contributed by atoms with Crippen LogP contribution >= 0.6 is 11.6 Å². The van der Waals surface area contributed by atoms with Crippen molar-refractivity contribution < 1.29 is 9.50 Å². The lowest BCUT2D eigenvalue weighted by Crippen LogP contribution is -2.40. The zero-order chi connectivity index (χ0) is 20.5. The van der Waals surface area contributed by atoms with Gasteiger partial charge in [-0.15, -0.1) is 0 Å². The number of halogens is 2. The number of phenolic OH excluding ortho intramolecular Hbond substituents is 1. The quantitative estimate of drug-likeness (QED) is 0.625. The van der Waals surface area contributed by atoms with Crippen molar-refractivity contribution >= 4 is 17.3 Å². The van der Waals surface area contributed by atoms with E-state index in [4.69, 9.17) is 17.3 Å². The van der Waals surface area contributed by atoms with Crippen LogP contribution in [0.3, 0.4) is 0 Å². The summed E-state index contributed by atoms with van der Waals surface area (Å²) < 4.78 is 14.2. The number of aromatic hydroxyl groups is 1. The van der Waals surface area contributed by atoms with Crippen molar-refractivity contribution in [1.82, 2.24) is 4.98 Å². The third-order valence-corrected chi connectivity index (χ3v) is 5.70. The summed E-state index contributed by atoms with van der Waals surface area (Å²) in [6, 6.07) is 10.4. The molecule has 4 nitrogen and oxygen atoms in total. The fourth-order valence-electron chi connectivity index (χ4n) is 3.91. The van der Waals surface area contributed by atoms with Crippen LogP contribution in [-0.4, -0.2) is 29.2 Å². The molecule has 0 bridgehead atoms. The molecule has 6 heteroatoms. The fraction of sp³-hybridized carbons (Fsp3) is 0.261. The third-order valence-electron chi connectivity index (χ3n) is 5.38. The number of rotatable bonds is 3.